The van der Waals surface area contributed by atoms with E-state index in [-0.39, 0.29) is 18.1 Å². The molecule has 10 heteroatoms. The number of hydrogen-bond donors (Lipinski definition) is 1. The number of rotatable bonds is 10. The van der Waals surface area contributed by atoms with Crippen LogP contribution in [0.15, 0.2) is 53.0 Å². The molecular weight excluding hydrogens is 518 g/mol. The lowest BCUT2D eigenvalue weighted by atomic mass is 10.1. The monoisotopic (exact) mass is 543 g/mol. The summed E-state index contributed by atoms with van der Waals surface area (Å²) in [6.45, 7) is 3.75. The molecule has 0 aliphatic heterocycles. The summed E-state index contributed by atoms with van der Waals surface area (Å²) >= 11 is 9.40. The van der Waals surface area contributed by atoms with Gasteiger partial charge in [-0.25, -0.2) is 8.42 Å². The van der Waals surface area contributed by atoms with Crippen molar-refractivity contribution in [2.24, 2.45) is 0 Å². The second-order valence-electron chi connectivity index (χ2n) is 7.36. The molecule has 0 saturated heterocycles. The Morgan fingerprint density at radius 3 is 2.38 bits per heavy atom. The molecule has 0 heterocycles. The van der Waals surface area contributed by atoms with Crippen molar-refractivity contribution in [3.05, 3.63) is 63.6 Å². The van der Waals surface area contributed by atoms with Crippen LogP contribution in [0.3, 0.4) is 0 Å². The van der Waals surface area contributed by atoms with Crippen molar-refractivity contribution in [1.29, 1.82) is 0 Å². The second kappa shape index (κ2) is 11.7. The van der Waals surface area contributed by atoms with Gasteiger partial charge in [0.15, 0.2) is 0 Å². The van der Waals surface area contributed by atoms with Crippen molar-refractivity contribution in [3.63, 3.8) is 0 Å². The first-order valence-corrected chi connectivity index (χ1v) is 13.1. The summed E-state index contributed by atoms with van der Waals surface area (Å²) in [5, 5.41) is 3.15. The van der Waals surface area contributed by atoms with Crippen molar-refractivity contribution >= 4 is 55.1 Å². The quantitative estimate of drug-likeness (QED) is 0.493. The number of sulfonamides is 1. The third-order valence-corrected chi connectivity index (χ3v) is 6.66. The van der Waals surface area contributed by atoms with Crippen LogP contribution in [0, 0.1) is 0 Å². The van der Waals surface area contributed by atoms with E-state index < -0.39 is 28.5 Å². The molecule has 2 aromatic rings. The van der Waals surface area contributed by atoms with Crippen molar-refractivity contribution in [1.82, 2.24) is 10.2 Å². The Labute approximate surface area is 202 Å². The minimum Gasteiger partial charge on any atom is -0.354 e. The van der Waals surface area contributed by atoms with Gasteiger partial charge < -0.3 is 10.2 Å². The van der Waals surface area contributed by atoms with Crippen LogP contribution in [0.4, 0.5) is 5.69 Å². The number of carbonyl (C=O) groups excluding carboxylic acids is 2. The Hall–Kier alpha value is -2.10. The molecule has 1 N–H and O–H groups in total. The van der Waals surface area contributed by atoms with Crippen LogP contribution in [0.25, 0.3) is 0 Å². The van der Waals surface area contributed by atoms with Crippen molar-refractivity contribution in [3.8, 4) is 0 Å². The largest absolute Gasteiger partial charge is 0.354 e. The van der Waals surface area contributed by atoms with Gasteiger partial charge in [-0.3, -0.25) is 13.9 Å². The predicted molar refractivity (Wildman–Crippen MR) is 131 cm³/mol. The molecule has 0 aromatic heterocycles. The first-order valence-electron chi connectivity index (χ1n) is 10.1. The Balaban J connectivity index is 2.35. The maximum absolute atomic E-state index is 13.3. The number of anilines is 1. The van der Waals surface area contributed by atoms with E-state index in [4.69, 9.17) is 11.6 Å². The molecule has 0 aliphatic carbocycles. The number of amides is 2. The molecule has 0 radical (unpaired) electrons. The zero-order valence-corrected chi connectivity index (χ0v) is 21.4. The summed E-state index contributed by atoms with van der Waals surface area (Å²) in [6, 6.07) is 12.8. The van der Waals surface area contributed by atoms with Crippen LogP contribution in [-0.4, -0.2) is 50.5 Å². The van der Waals surface area contributed by atoms with Crippen LogP contribution in [-0.2, 0) is 26.2 Å². The van der Waals surface area contributed by atoms with E-state index in [0.29, 0.717) is 11.6 Å². The maximum Gasteiger partial charge on any atom is 0.244 e. The number of nitrogens with zero attached hydrogens (tertiary/aromatic N) is 2. The molecule has 2 rings (SSSR count). The highest BCUT2D eigenvalue weighted by atomic mass is 79.9. The van der Waals surface area contributed by atoms with Gasteiger partial charge in [0.25, 0.3) is 0 Å². The minimum atomic E-state index is -3.78. The van der Waals surface area contributed by atoms with Crippen LogP contribution in [0.5, 0.6) is 0 Å². The molecule has 0 unspecified atom stereocenters. The Kier molecular flexibility index (Phi) is 9.54. The Morgan fingerprint density at radius 1 is 1.16 bits per heavy atom. The number of halogens is 2. The van der Waals surface area contributed by atoms with Crippen molar-refractivity contribution < 1.29 is 18.0 Å². The number of benzene rings is 2. The SMILES string of the molecule is CCCNC(=O)[C@H](C)N(Cc1ccc(Br)cc1)C(=O)CN(c1cccc(Cl)c1)S(C)(=O)=O. The van der Waals surface area contributed by atoms with Crippen LogP contribution < -0.4 is 9.62 Å². The van der Waals surface area contributed by atoms with E-state index >= 15 is 0 Å². The molecule has 1 atom stereocenters. The van der Waals surface area contributed by atoms with E-state index in [1.807, 2.05) is 31.2 Å². The molecule has 0 saturated carbocycles. The van der Waals surface area contributed by atoms with Gasteiger partial charge in [-0.05, 0) is 49.2 Å². The summed E-state index contributed by atoms with van der Waals surface area (Å²) in [5.74, 6) is -0.802. The van der Waals surface area contributed by atoms with Crippen molar-refractivity contribution in [2.75, 3.05) is 23.7 Å². The lowest BCUT2D eigenvalue weighted by Crippen LogP contribution is -2.51. The fraction of sp³-hybridized carbons (Fsp3) is 0.364. The van der Waals surface area contributed by atoms with Gasteiger partial charge in [0.1, 0.15) is 12.6 Å². The van der Waals surface area contributed by atoms with Crippen LogP contribution in [0.1, 0.15) is 25.8 Å². The third-order valence-electron chi connectivity index (χ3n) is 4.76. The van der Waals surface area contributed by atoms with E-state index in [0.717, 1.165) is 27.0 Å². The van der Waals surface area contributed by atoms with Crippen LogP contribution in [0.2, 0.25) is 5.02 Å². The van der Waals surface area contributed by atoms with Gasteiger partial charge in [0.05, 0.1) is 11.9 Å². The molecule has 0 aliphatic rings. The zero-order valence-electron chi connectivity index (χ0n) is 18.2. The summed E-state index contributed by atoms with van der Waals surface area (Å²) in [7, 11) is -3.78. The number of hydrogen-bond acceptors (Lipinski definition) is 4. The van der Waals surface area contributed by atoms with Gasteiger partial charge in [0.2, 0.25) is 21.8 Å². The molecule has 32 heavy (non-hydrogen) atoms. The number of nitrogens with one attached hydrogen (secondary N) is 1. The molecule has 2 amide bonds. The molecule has 174 valence electrons. The minimum absolute atomic E-state index is 0.153. The normalized spacial score (nSPS) is 12.2. The first kappa shape index (κ1) is 26.2. The Morgan fingerprint density at radius 2 is 1.81 bits per heavy atom. The standard InChI is InChI=1S/C22H27BrClN3O4S/c1-4-12-25-22(29)16(2)26(14-17-8-10-18(23)11-9-17)21(28)15-27(32(3,30)31)20-7-5-6-19(24)13-20/h5-11,13,16H,4,12,14-15H2,1-3H3,(H,25,29)/t16-/m0/s1. The van der Waals surface area contributed by atoms with E-state index in [1.54, 1.807) is 25.1 Å². The fourth-order valence-corrected chi connectivity index (χ4v) is 4.30. The lowest BCUT2D eigenvalue weighted by molar-refractivity contribution is -0.139. The van der Waals surface area contributed by atoms with E-state index in [9.17, 15) is 18.0 Å². The first-order chi connectivity index (χ1) is 15.0. The van der Waals surface area contributed by atoms with Gasteiger partial charge >= 0.3 is 0 Å². The van der Waals surface area contributed by atoms with Crippen molar-refractivity contribution in [2.45, 2.75) is 32.9 Å². The highest BCUT2D eigenvalue weighted by molar-refractivity contribution is 9.10. The number of carbonyl (C=O) groups is 2. The lowest BCUT2D eigenvalue weighted by Gasteiger charge is -2.31. The summed E-state index contributed by atoms with van der Waals surface area (Å²) in [4.78, 5) is 27.4. The van der Waals surface area contributed by atoms with Crippen LogP contribution >= 0.6 is 27.5 Å². The predicted octanol–water partition coefficient (Wildman–Crippen LogP) is 3.81. The molecule has 0 spiro atoms. The summed E-state index contributed by atoms with van der Waals surface area (Å²) in [6.07, 6.45) is 1.79. The average molecular weight is 545 g/mol. The highest BCUT2D eigenvalue weighted by Crippen LogP contribution is 2.22. The highest BCUT2D eigenvalue weighted by Gasteiger charge is 2.30. The molecule has 0 bridgehead atoms. The van der Waals surface area contributed by atoms with Gasteiger partial charge in [-0.2, -0.15) is 0 Å². The smallest absolute Gasteiger partial charge is 0.244 e. The summed E-state index contributed by atoms with van der Waals surface area (Å²) in [5.41, 5.74) is 1.09. The molecular formula is C22H27BrClN3O4S. The zero-order chi connectivity index (χ0) is 23.9. The van der Waals surface area contributed by atoms with E-state index in [2.05, 4.69) is 21.2 Å². The molecule has 0 fully saturated rings. The van der Waals surface area contributed by atoms with E-state index in [1.165, 1.54) is 11.0 Å². The summed E-state index contributed by atoms with van der Waals surface area (Å²) < 4.78 is 26.8. The Bertz CT molecular complexity index is 1050. The average Bonchev–Trinajstić information content (AvgIpc) is 2.73. The third kappa shape index (κ3) is 7.50. The molecule has 7 nitrogen and oxygen atoms in total. The maximum atomic E-state index is 13.3. The van der Waals surface area contributed by atoms with Gasteiger partial charge in [-0.1, -0.05) is 52.7 Å². The van der Waals surface area contributed by atoms with Gasteiger partial charge in [-0.15, -0.1) is 0 Å². The van der Waals surface area contributed by atoms with Gasteiger partial charge in [0, 0.05) is 22.6 Å². The second-order valence-corrected chi connectivity index (χ2v) is 10.6. The molecule has 2 aromatic carbocycles. The fourth-order valence-electron chi connectivity index (χ4n) is 3.01. The topological polar surface area (TPSA) is 86.8 Å².